The van der Waals surface area contributed by atoms with Gasteiger partial charge in [-0.15, -0.1) is 0 Å². The molecule has 2 aliphatic heterocycles. The lowest BCUT2D eigenvalue weighted by Gasteiger charge is -2.36. The predicted octanol–water partition coefficient (Wildman–Crippen LogP) is 1.87. The average molecular weight is 260 g/mol. The molecule has 1 aromatic heterocycles. The summed E-state index contributed by atoms with van der Waals surface area (Å²) in [7, 11) is 1.47. The van der Waals surface area contributed by atoms with Gasteiger partial charge < -0.3 is 10.1 Å². The molecule has 0 spiro atoms. The van der Waals surface area contributed by atoms with E-state index in [1.807, 2.05) is 12.3 Å². The van der Waals surface area contributed by atoms with E-state index in [0.29, 0.717) is 0 Å². The molecule has 2 bridgehead atoms. The Balaban J connectivity index is 2.07. The Morgan fingerprint density at radius 3 is 2.79 bits per heavy atom. The van der Waals surface area contributed by atoms with Crippen LogP contribution in [0.4, 0.5) is 0 Å². The molecule has 0 aliphatic carbocycles. The van der Waals surface area contributed by atoms with Gasteiger partial charge in [0.2, 0.25) is 0 Å². The molecule has 4 heteroatoms. The Kier molecular flexibility index (Phi) is 2.68. The number of methoxy groups -OCH3 is 1. The lowest BCUT2D eigenvalue weighted by molar-refractivity contribution is -0.148. The minimum absolute atomic E-state index is 0.0450. The van der Waals surface area contributed by atoms with E-state index in [0.717, 1.165) is 18.4 Å². The first kappa shape index (κ1) is 12.6. The highest BCUT2D eigenvalue weighted by Crippen LogP contribution is 2.56. The molecule has 2 saturated heterocycles. The molecule has 4 unspecified atom stereocenters. The van der Waals surface area contributed by atoms with Crippen molar-refractivity contribution in [3.8, 4) is 0 Å². The highest BCUT2D eigenvalue weighted by Gasteiger charge is 2.64. The Morgan fingerprint density at radius 1 is 1.42 bits per heavy atom. The van der Waals surface area contributed by atoms with Crippen LogP contribution in [0.1, 0.15) is 38.2 Å². The first-order valence-electron chi connectivity index (χ1n) is 6.77. The van der Waals surface area contributed by atoms with Gasteiger partial charge in [0.05, 0.1) is 13.0 Å². The van der Waals surface area contributed by atoms with Gasteiger partial charge in [0, 0.05) is 29.4 Å². The standard InChI is InChI=1S/C15H20N2O2/c1-14-6-7-15(2,17-14)12(13(18)19-3)11(14)10-5-4-8-16-9-10/h4-5,8-9,11-12,17H,6-7H2,1-3H3. The van der Waals surface area contributed by atoms with E-state index in [9.17, 15) is 4.79 Å². The van der Waals surface area contributed by atoms with Crippen molar-refractivity contribution < 1.29 is 9.53 Å². The van der Waals surface area contributed by atoms with E-state index in [4.69, 9.17) is 4.74 Å². The zero-order valence-corrected chi connectivity index (χ0v) is 11.6. The molecule has 0 saturated carbocycles. The van der Waals surface area contributed by atoms with Crippen molar-refractivity contribution in [3.05, 3.63) is 30.1 Å². The molecule has 3 heterocycles. The number of rotatable bonds is 2. The van der Waals surface area contributed by atoms with Gasteiger partial charge in [-0.25, -0.2) is 0 Å². The molecular weight excluding hydrogens is 240 g/mol. The van der Waals surface area contributed by atoms with Gasteiger partial charge in [0.25, 0.3) is 0 Å². The topological polar surface area (TPSA) is 51.2 Å². The van der Waals surface area contributed by atoms with Crippen molar-refractivity contribution in [1.82, 2.24) is 10.3 Å². The number of fused-ring (bicyclic) bond motifs is 2. The number of pyridine rings is 1. The fourth-order valence-electron chi connectivity index (χ4n) is 4.14. The highest BCUT2D eigenvalue weighted by molar-refractivity contribution is 5.77. The van der Waals surface area contributed by atoms with E-state index < -0.39 is 0 Å². The fraction of sp³-hybridized carbons (Fsp3) is 0.600. The number of hydrogen-bond acceptors (Lipinski definition) is 4. The number of carbonyl (C=O) groups is 1. The molecule has 0 amide bonds. The largest absolute Gasteiger partial charge is 0.469 e. The van der Waals surface area contributed by atoms with Gasteiger partial charge in [-0.1, -0.05) is 6.07 Å². The number of nitrogens with one attached hydrogen (secondary N) is 1. The summed E-state index contributed by atoms with van der Waals surface area (Å²) >= 11 is 0. The summed E-state index contributed by atoms with van der Waals surface area (Å²) in [6, 6.07) is 3.99. The van der Waals surface area contributed by atoms with E-state index in [1.54, 1.807) is 6.20 Å². The number of hydrogen-bond donors (Lipinski definition) is 1. The van der Waals surface area contributed by atoms with Crippen LogP contribution in [-0.2, 0) is 9.53 Å². The van der Waals surface area contributed by atoms with Gasteiger partial charge in [0.15, 0.2) is 0 Å². The monoisotopic (exact) mass is 260 g/mol. The van der Waals surface area contributed by atoms with Crippen molar-refractivity contribution in [3.63, 3.8) is 0 Å². The third-order valence-electron chi connectivity index (χ3n) is 4.94. The number of nitrogens with zero attached hydrogens (tertiary/aromatic N) is 1. The molecule has 2 aliphatic rings. The second-order valence-electron chi connectivity index (χ2n) is 6.22. The maximum absolute atomic E-state index is 12.3. The molecule has 19 heavy (non-hydrogen) atoms. The SMILES string of the molecule is COC(=O)C1C(c2cccnc2)C2(C)CCC1(C)N2. The number of aromatic nitrogens is 1. The third kappa shape index (κ3) is 1.70. The predicted molar refractivity (Wildman–Crippen MR) is 71.7 cm³/mol. The van der Waals surface area contributed by atoms with Crippen LogP contribution in [0.15, 0.2) is 24.5 Å². The molecular formula is C15H20N2O2. The summed E-state index contributed by atoms with van der Waals surface area (Å²) in [5.41, 5.74) is 0.912. The summed E-state index contributed by atoms with van der Waals surface area (Å²) in [6.07, 6.45) is 5.73. The summed E-state index contributed by atoms with van der Waals surface area (Å²) in [4.78, 5) is 16.5. The Labute approximate surface area is 113 Å². The van der Waals surface area contributed by atoms with Crippen LogP contribution in [0.5, 0.6) is 0 Å². The Morgan fingerprint density at radius 2 is 2.16 bits per heavy atom. The van der Waals surface area contributed by atoms with Crippen molar-refractivity contribution in [2.45, 2.75) is 43.7 Å². The first-order chi connectivity index (χ1) is 9.00. The summed E-state index contributed by atoms with van der Waals surface area (Å²) in [5, 5.41) is 3.67. The Bertz CT molecular complexity index is 504. The van der Waals surface area contributed by atoms with Crippen molar-refractivity contribution in [2.24, 2.45) is 5.92 Å². The van der Waals surface area contributed by atoms with Gasteiger partial charge in [0.1, 0.15) is 0 Å². The molecule has 3 rings (SSSR count). The zero-order valence-electron chi connectivity index (χ0n) is 11.6. The summed E-state index contributed by atoms with van der Waals surface area (Å²) in [6.45, 7) is 4.34. The molecule has 2 fully saturated rings. The summed E-state index contributed by atoms with van der Waals surface area (Å²) < 4.78 is 5.05. The van der Waals surface area contributed by atoms with E-state index in [1.165, 1.54) is 7.11 Å². The maximum Gasteiger partial charge on any atom is 0.311 e. The third-order valence-corrected chi connectivity index (χ3v) is 4.94. The molecule has 1 N–H and O–H groups in total. The smallest absolute Gasteiger partial charge is 0.311 e. The van der Waals surface area contributed by atoms with E-state index in [2.05, 4.69) is 30.2 Å². The number of carbonyl (C=O) groups excluding carboxylic acids is 1. The van der Waals surface area contributed by atoms with E-state index in [-0.39, 0.29) is 28.9 Å². The molecule has 0 radical (unpaired) electrons. The lowest BCUT2D eigenvalue weighted by atomic mass is 9.65. The van der Waals surface area contributed by atoms with Gasteiger partial charge in [-0.2, -0.15) is 0 Å². The van der Waals surface area contributed by atoms with Gasteiger partial charge in [-0.05, 0) is 38.3 Å². The van der Waals surface area contributed by atoms with Gasteiger partial charge in [-0.3, -0.25) is 9.78 Å². The van der Waals surface area contributed by atoms with Crippen molar-refractivity contribution in [2.75, 3.05) is 7.11 Å². The number of ether oxygens (including phenoxy) is 1. The lowest BCUT2D eigenvalue weighted by Crippen LogP contribution is -2.43. The van der Waals surface area contributed by atoms with Crippen LogP contribution in [0.2, 0.25) is 0 Å². The highest BCUT2D eigenvalue weighted by atomic mass is 16.5. The van der Waals surface area contributed by atoms with Crippen LogP contribution < -0.4 is 5.32 Å². The van der Waals surface area contributed by atoms with Crippen LogP contribution in [0.3, 0.4) is 0 Å². The molecule has 0 aromatic carbocycles. The summed E-state index contributed by atoms with van der Waals surface area (Å²) in [5.74, 6) is -0.125. The minimum Gasteiger partial charge on any atom is -0.469 e. The average Bonchev–Trinajstić information content (AvgIpc) is 2.85. The zero-order chi connectivity index (χ0) is 13.7. The van der Waals surface area contributed by atoms with Crippen LogP contribution in [0.25, 0.3) is 0 Å². The minimum atomic E-state index is -0.164. The maximum atomic E-state index is 12.3. The molecule has 4 atom stereocenters. The molecule has 1 aromatic rings. The number of esters is 1. The van der Waals surface area contributed by atoms with Crippen molar-refractivity contribution in [1.29, 1.82) is 0 Å². The second kappa shape index (κ2) is 4.04. The van der Waals surface area contributed by atoms with Gasteiger partial charge >= 0.3 is 5.97 Å². The van der Waals surface area contributed by atoms with Crippen molar-refractivity contribution >= 4 is 5.97 Å². The van der Waals surface area contributed by atoms with Crippen LogP contribution in [0, 0.1) is 5.92 Å². The fourth-order valence-corrected chi connectivity index (χ4v) is 4.14. The quantitative estimate of drug-likeness (QED) is 0.825. The molecule has 4 nitrogen and oxygen atoms in total. The Hall–Kier alpha value is -1.42. The molecule has 102 valence electrons. The normalized spacial score (nSPS) is 40.4. The van der Waals surface area contributed by atoms with Crippen LogP contribution >= 0.6 is 0 Å². The second-order valence-corrected chi connectivity index (χ2v) is 6.22. The van der Waals surface area contributed by atoms with E-state index >= 15 is 0 Å². The van der Waals surface area contributed by atoms with Crippen LogP contribution in [-0.4, -0.2) is 29.1 Å². The first-order valence-corrected chi connectivity index (χ1v) is 6.77.